The molecule has 230 valence electrons. The minimum Gasteiger partial charge on any atom is -0.418 e. The first-order valence-electron chi connectivity index (χ1n) is 16.7. The van der Waals surface area contributed by atoms with Crippen LogP contribution in [0.25, 0.3) is 0 Å². The number of carbonyl (C=O) groups excluding carboxylic acids is 1. The van der Waals surface area contributed by atoms with E-state index in [1.165, 1.54) is 42.5 Å². The number of hydrogen-bond donors (Lipinski definition) is 0. The number of allylic oxidation sites excluding steroid dienone is 4. The predicted molar refractivity (Wildman–Crippen MR) is 179 cm³/mol. The summed E-state index contributed by atoms with van der Waals surface area (Å²) in [5, 5.41) is 0. The highest BCUT2D eigenvalue weighted by atomic mass is 28.4. The van der Waals surface area contributed by atoms with Gasteiger partial charge < -0.3 is 13.8 Å². The van der Waals surface area contributed by atoms with Crippen LogP contribution in [0.2, 0.25) is 39.3 Å². The molecule has 0 unspecified atom stereocenters. The van der Waals surface area contributed by atoms with Crippen LogP contribution in [-0.2, 0) is 20.1 Å². The molecule has 6 heteroatoms. The second-order valence-electron chi connectivity index (χ2n) is 16.8. The van der Waals surface area contributed by atoms with Crippen molar-refractivity contribution in [1.82, 2.24) is 0 Å². The van der Waals surface area contributed by atoms with Crippen LogP contribution < -0.4 is 4.90 Å². The Morgan fingerprint density at radius 3 is 2.50 bits per heavy atom. The fourth-order valence-corrected chi connectivity index (χ4v) is 12.9. The Morgan fingerprint density at radius 1 is 1.05 bits per heavy atom. The molecule has 3 saturated carbocycles. The van der Waals surface area contributed by atoms with Crippen molar-refractivity contribution in [3.05, 3.63) is 53.1 Å². The maximum Gasteiger partial charge on any atom is 0.184 e. The first-order chi connectivity index (χ1) is 19.6. The standard InChI is InChI=1S/C36H55NO3Si2/c1-34-24-31-29-14-12-27(37(2)3)21-25(29)23-35-18-15-28(38)22-26(35)11-13-30(33(31)35)32(34)16-19-36(34,40-42(7,8)9)17-10-20-39-41(4,5)6/h12,14-15,18,21-22,30-33H,10-11,13,16-17,19-20,23-24H2,1-9H3/t30-,31+,32+,33+,34-,35+,36+/m0/s1. The van der Waals surface area contributed by atoms with E-state index in [0.717, 1.165) is 32.3 Å². The summed E-state index contributed by atoms with van der Waals surface area (Å²) >= 11 is 0. The molecule has 1 spiro atoms. The zero-order valence-corrected chi connectivity index (χ0v) is 29.8. The van der Waals surface area contributed by atoms with E-state index in [1.54, 1.807) is 5.56 Å². The van der Waals surface area contributed by atoms with Crippen LogP contribution in [0.4, 0.5) is 5.69 Å². The normalized spacial score (nSPS) is 37.0. The highest BCUT2D eigenvalue weighted by Crippen LogP contribution is 2.73. The number of nitrogens with zero attached hydrogens (tertiary/aromatic N) is 1. The first-order valence-corrected chi connectivity index (χ1v) is 23.5. The molecule has 3 fully saturated rings. The molecule has 0 aliphatic heterocycles. The van der Waals surface area contributed by atoms with Crippen LogP contribution in [0, 0.1) is 28.6 Å². The molecule has 4 nitrogen and oxygen atoms in total. The third-order valence-electron chi connectivity index (χ3n) is 11.9. The second kappa shape index (κ2) is 10.3. The van der Waals surface area contributed by atoms with Gasteiger partial charge in [0.2, 0.25) is 0 Å². The average Bonchev–Trinajstić information content (AvgIpc) is 3.16. The number of fused-ring (bicyclic) bond motifs is 4. The van der Waals surface area contributed by atoms with E-state index in [4.69, 9.17) is 8.85 Å². The monoisotopic (exact) mass is 605 g/mol. The minimum absolute atomic E-state index is 0.0170. The van der Waals surface area contributed by atoms with Crippen LogP contribution in [0.5, 0.6) is 0 Å². The van der Waals surface area contributed by atoms with Crippen LogP contribution >= 0.6 is 0 Å². The molecule has 0 amide bonds. The van der Waals surface area contributed by atoms with E-state index in [9.17, 15) is 4.79 Å². The summed E-state index contributed by atoms with van der Waals surface area (Å²) in [6.45, 7) is 17.6. The number of benzene rings is 1. The Hall–Kier alpha value is -1.48. The van der Waals surface area contributed by atoms with Crippen molar-refractivity contribution in [1.29, 1.82) is 0 Å². The fourth-order valence-electron chi connectivity index (χ4n) is 10.5. The Bertz CT molecular complexity index is 1310. The van der Waals surface area contributed by atoms with Gasteiger partial charge >= 0.3 is 0 Å². The van der Waals surface area contributed by atoms with Crippen molar-refractivity contribution in [3.63, 3.8) is 0 Å². The molecular weight excluding hydrogens is 551 g/mol. The van der Waals surface area contributed by atoms with Gasteiger partial charge in [-0.15, -0.1) is 0 Å². The Labute approximate surface area is 257 Å². The molecule has 0 bridgehead atoms. The summed E-state index contributed by atoms with van der Waals surface area (Å²) in [5.41, 5.74) is 5.78. The van der Waals surface area contributed by atoms with Crippen molar-refractivity contribution < 1.29 is 13.6 Å². The van der Waals surface area contributed by atoms with Crippen molar-refractivity contribution in [3.8, 4) is 0 Å². The zero-order chi connectivity index (χ0) is 30.3. The molecule has 0 radical (unpaired) electrons. The predicted octanol–water partition coefficient (Wildman–Crippen LogP) is 8.51. The molecule has 1 aromatic carbocycles. The van der Waals surface area contributed by atoms with Gasteiger partial charge in [0.15, 0.2) is 22.4 Å². The van der Waals surface area contributed by atoms with Gasteiger partial charge in [0.25, 0.3) is 0 Å². The van der Waals surface area contributed by atoms with Crippen molar-refractivity contribution in [2.45, 2.75) is 109 Å². The van der Waals surface area contributed by atoms with Crippen LogP contribution in [-0.4, -0.2) is 48.7 Å². The lowest BCUT2D eigenvalue weighted by atomic mass is 9.40. The van der Waals surface area contributed by atoms with Gasteiger partial charge in [0.1, 0.15) is 0 Å². The summed E-state index contributed by atoms with van der Waals surface area (Å²) in [6.07, 6.45) is 15.4. The number of ketones is 1. The van der Waals surface area contributed by atoms with Gasteiger partial charge in [-0.2, -0.15) is 0 Å². The number of anilines is 1. The number of rotatable bonds is 8. The first kappa shape index (κ1) is 30.5. The summed E-state index contributed by atoms with van der Waals surface area (Å²) in [4.78, 5) is 14.9. The van der Waals surface area contributed by atoms with E-state index in [1.807, 2.05) is 12.2 Å². The summed E-state index contributed by atoms with van der Waals surface area (Å²) in [7, 11) is 0.930. The SMILES string of the molecule is CN(C)c1ccc2c(c1)C[C@]13C=CC(=O)C=C1CC[C@@H]1[C@@H]3[C@@H]2C[C@@]2(C)[C@@H]1CC[C@@]2(CCCO[Si](C)(C)C)O[Si](C)(C)C. The maximum absolute atomic E-state index is 12.7. The van der Waals surface area contributed by atoms with E-state index < -0.39 is 16.6 Å². The largest absolute Gasteiger partial charge is 0.418 e. The lowest BCUT2D eigenvalue weighted by Crippen LogP contribution is -2.61. The van der Waals surface area contributed by atoms with Gasteiger partial charge in [0.05, 0.1) is 5.60 Å². The minimum atomic E-state index is -1.81. The van der Waals surface area contributed by atoms with Gasteiger partial charge in [-0.05, 0) is 155 Å². The van der Waals surface area contributed by atoms with Gasteiger partial charge in [-0.25, -0.2) is 0 Å². The highest BCUT2D eigenvalue weighted by Gasteiger charge is 2.68. The smallest absolute Gasteiger partial charge is 0.184 e. The molecule has 0 saturated heterocycles. The van der Waals surface area contributed by atoms with E-state index in [2.05, 4.69) is 89.5 Å². The highest BCUT2D eigenvalue weighted by molar-refractivity contribution is 6.70. The second-order valence-corrected chi connectivity index (χ2v) is 25.7. The van der Waals surface area contributed by atoms with Gasteiger partial charge in [0, 0.05) is 31.8 Å². The summed E-state index contributed by atoms with van der Waals surface area (Å²) < 4.78 is 13.9. The molecule has 0 aromatic heterocycles. The average molecular weight is 606 g/mol. The van der Waals surface area contributed by atoms with Crippen LogP contribution in [0.15, 0.2) is 42.0 Å². The van der Waals surface area contributed by atoms with Crippen molar-refractivity contribution >= 4 is 28.1 Å². The lowest BCUT2D eigenvalue weighted by molar-refractivity contribution is -0.129. The van der Waals surface area contributed by atoms with E-state index in [-0.39, 0.29) is 22.2 Å². The van der Waals surface area contributed by atoms with E-state index >= 15 is 0 Å². The number of carbonyl (C=O) groups is 1. The summed E-state index contributed by atoms with van der Waals surface area (Å²) in [5.74, 6) is 2.56. The molecule has 7 atom stereocenters. The molecule has 5 aliphatic carbocycles. The van der Waals surface area contributed by atoms with Crippen LogP contribution in [0.1, 0.15) is 68.9 Å². The van der Waals surface area contributed by atoms with Gasteiger partial charge in [-0.1, -0.05) is 24.6 Å². The van der Waals surface area contributed by atoms with Crippen LogP contribution in [0.3, 0.4) is 0 Å². The zero-order valence-electron chi connectivity index (χ0n) is 27.8. The lowest BCUT2D eigenvalue weighted by Gasteiger charge is -2.65. The van der Waals surface area contributed by atoms with Crippen molar-refractivity contribution in [2.24, 2.45) is 28.6 Å². The third-order valence-corrected chi connectivity index (χ3v) is 13.9. The quantitative estimate of drug-likeness (QED) is 0.220. The Kier molecular flexibility index (Phi) is 7.48. The molecule has 0 heterocycles. The molecule has 5 aliphatic rings. The topological polar surface area (TPSA) is 38.8 Å². The summed E-state index contributed by atoms with van der Waals surface area (Å²) in [6, 6.07) is 7.26. The number of hydrogen-bond acceptors (Lipinski definition) is 4. The van der Waals surface area contributed by atoms with Gasteiger partial charge in [-0.3, -0.25) is 4.79 Å². The van der Waals surface area contributed by atoms with Crippen molar-refractivity contribution in [2.75, 3.05) is 25.6 Å². The Morgan fingerprint density at radius 2 is 1.81 bits per heavy atom. The fraction of sp³-hybridized carbons (Fsp3) is 0.694. The molecule has 6 rings (SSSR count). The third kappa shape index (κ3) is 4.96. The molecule has 42 heavy (non-hydrogen) atoms. The van der Waals surface area contributed by atoms with E-state index in [0.29, 0.717) is 23.7 Å². The maximum atomic E-state index is 12.7. The molecular formula is C36H55NO3Si2. The molecule has 0 N–H and O–H groups in total. The Balaban J connectivity index is 1.45. The molecule has 1 aromatic rings.